The molecule has 0 fully saturated rings. The lowest BCUT2D eigenvalue weighted by Crippen LogP contribution is -2.39. The normalized spacial score (nSPS) is 14.2. The van der Waals surface area contributed by atoms with Crippen LogP contribution in [0.15, 0.2) is 71.7 Å². The molecule has 2 aliphatic rings. The summed E-state index contributed by atoms with van der Waals surface area (Å²) >= 11 is 0. The first-order valence-electron chi connectivity index (χ1n) is 12.2. The van der Waals surface area contributed by atoms with Gasteiger partial charge in [-0.15, -0.1) is 0 Å². The highest BCUT2D eigenvalue weighted by Crippen LogP contribution is 2.32. The van der Waals surface area contributed by atoms with Gasteiger partial charge in [-0.25, -0.2) is 9.48 Å². The molecule has 4 heterocycles. The van der Waals surface area contributed by atoms with Gasteiger partial charge in [-0.05, 0) is 67.4 Å². The van der Waals surface area contributed by atoms with Crippen molar-refractivity contribution in [2.75, 3.05) is 24.7 Å². The van der Waals surface area contributed by atoms with Crippen LogP contribution in [0.1, 0.15) is 39.0 Å². The van der Waals surface area contributed by atoms with Gasteiger partial charge in [0, 0.05) is 42.2 Å². The largest absolute Gasteiger partial charge is 0.493 e. The van der Waals surface area contributed by atoms with E-state index < -0.39 is 5.97 Å². The van der Waals surface area contributed by atoms with Crippen LogP contribution in [-0.4, -0.2) is 46.0 Å². The summed E-state index contributed by atoms with van der Waals surface area (Å²) in [6.45, 7) is 2.95. The number of benzene rings is 2. The van der Waals surface area contributed by atoms with Crippen LogP contribution in [0, 0.1) is 0 Å². The molecule has 0 atom stereocenters. The number of nitrogens with zero attached hydrogens (tertiary/aromatic N) is 4. The van der Waals surface area contributed by atoms with Crippen molar-refractivity contribution >= 4 is 17.6 Å². The Kier molecular flexibility index (Phi) is 5.60. The number of fused-ring (bicyclic) bond motifs is 2. The molecule has 2 aromatic heterocycles. The van der Waals surface area contributed by atoms with Crippen molar-refractivity contribution in [3.05, 3.63) is 99.7 Å². The number of hydrogen-bond donors (Lipinski definition) is 0. The summed E-state index contributed by atoms with van der Waals surface area (Å²) in [5, 5.41) is 4.56. The fraction of sp³-hybridized carbons (Fsp3) is 0.214. The van der Waals surface area contributed by atoms with Gasteiger partial charge in [-0.1, -0.05) is 6.07 Å². The fourth-order valence-electron chi connectivity index (χ4n) is 4.90. The Morgan fingerprint density at radius 2 is 1.78 bits per heavy atom. The summed E-state index contributed by atoms with van der Waals surface area (Å²) in [7, 11) is 0. The van der Waals surface area contributed by atoms with E-state index in [0.717, 1.165) is 17.7 Å². The number of anilines is 1. The van der Waals surface area contributed by atoms with Crippen LogP contribution >= 0.6 is 0 Å². The lowest BCUT2D eigenvalue weighted by Gasteiger charge is -2.28. The topological polar surface area (TPSA) is 95.7 Å². The number of hydrogen-bond acceptors (Lipinski definition) is 6. The number of carbonyl (C=O) groups excluding carboxylic acids is 2. The molecule has 9 heteroatoms. The van der Waals surface area contributed by atoms with E-state index in [-0.39, 0.29) is 23.8 Å². The van der Waals surface area contributed by atoms with Gasteiger partial charge in [0.05, 0.1) is 18.9 Å². The molecule has 0 unspecified atom stereocenters. The van der Waals surface area contributed by atoms with Gasteiger partial charge in [0.15, 0.2) is 5.69 Å². The van der Waals surface area contributed by atoms with Gasteiger partial charge in [0.2, 0.25) is 0 Å². The van der Waals surface area contributed by atoms with Gasteiger partial charge in [0.25, 0.3) is 11.5 Å². The van der Waals surface area contributed by atoms with Crippen molar-refractivity contribution < 1.29 is 19.1 Å². The van der Waals surface area contributed by atoms with Crippen LogP contribution in [0.3, 0.4) is 0 Å². The summed E-state index contributed by atoms with van der Waals surface area (Å²) in [6.07, 6.45) is 2.92. The van der Waals surface area contributed by atoms with E-state index in [4.69, 9.17) is 9.47 Å². The minimum atomic E-state index is -0.541. The SMILES string of the molecule is CCOC(=O)c1nn(-c2ccc3c(c2)CCO3)c2c1CCN(c1ccc(-n3ccccc3=O)cc1)C2=O. The first kappa shape index (κ1) is 22.8. The van der Waals surface area contributed by atoms with Gasteiger partial charge in [-0.2, -0.15) is 5.10 Å². The molecule has 2 aliphatic heterocycles. The molecular weight excluding hydrogens is 472 g/mol. The number of ether oxygens (including phenoxy) is 2. The first-order chi connectivity index (χ1) is 18.0. The molecule has 0 spiro atoms. The Labute approximate surface area is 212 Å². The minimum Gasteiger partial charge on any atom is -0.493 e. The second kappa shape index (κ2) is 9.09. The van der Waals surface area contributed by atoms with Gasteiger partial charge in [0.1, 0.15) is 11.4 Å². The van der Waals surface area contributed by atoms with E-state index in [9.17, 15) is 14.4 Å². The maximum atomic E-state index is 13.9. The van der Waals surface area contributed by atoms with Crippen LogP contribution in [0.2, 0.25) is 0 Å². The third-order valence-electron chi connectivity index (χ3n) is 6.67. The van der Waals surface area contributed by atoms with Crippen LogP contribution in [0.4, 0.5) is 5.69 Å². The highest BCUT2D eigenvalue weighted by Gasteiger charge is 2.35. The molecule has 0 aliphatic carbocycles. The van der Waals surface area contributed by atoms with Crippen molar-refractivity contribution in [3.63, 3.8) is 0 Å². The van der Waals surface area contributed by atoms with Crippen molar-refractivity contribution in [1.29, 1.82) is 0 Å². The number of pyridine rings is 1. The Hall–Kier alpha value is -4.66. The highest BCUT2D eigenvalue weighted by atomic mass is 16.5. The van der Waals surface area contributed by atoms with E-state index in [1.165, 1.54) is 10.6 Å². The number of carbonyl (C=O) groups is 2. The molecule has 0 N–H and O–H groups in total. The number of amides is 1. The molecule has 186 valence electrons. The van der Waals surface area contributed by atoms with Gasteiger partial charge < -0.3 is 14.4 Å². The molecular formula is C28H24N4O5. The molecule has 37 heavy (non-hydrogen) atoms. The predicted molar refractivity (Wildman–Crippen MR) is 136 cm³/mol. The summed E-state index contributed by atoms with van der Waals surface area (Å²) in [5.74, 6) is 0.0209. The number of esters is 1. The summed E-state index contributed by atoms with van der Waals surface area (Å²) in [6, 6.07) is 17.9. The van der Waals surface area contributed by atoms with Crippen LogP contribution in [-0.2, 0) is 17.6 Å². The van der Waals surface area contributed by atoms with Crippen molar-refractivity contribution in [1.82, 2.24) is 14.3 Å². The average molecular weight is 497 g/mol. The molecule has 1 amide bonds. The molecule has 2 aromatic carbocycles. The highest BCUT2D eigenvalue weighted by molar-refractivity contribution is 6.09. The average Bonchev–Trinajstić information content (AvgIpc) is 3.54. The van der Waals surface area contributed by atoms with E-state index >= 15 is 0 Å². The number of aromatic nitrogens is 3. The van der Waals surface area contributed by atoms with E-state index in [1.807, 2.05) is 30.3 Å². The maximum Gasteiger partial charge on any atom is 0.359 e. The second-order valence-electron chi connectivity index (χ2n) is 8.83. The molecule has 0 radical (unpaired) electrons. The van der Waals surface area contributed by atoms with E-state index in [2.05, 4.69) is 5.10 Å². The minimum absolute atomic E-state index is 0.135. The predicted octanol–water partition coefficient (Wildman–Crippen LogP) is 3.34. The van der Waals surface area contributed by atoms with Crippen LogP contribution < -0.4 is 15.2 Å². The Morgan fingerprint density at radius 1 is 1.00 bits per heavy atom. The first-order valence-corrected chi connectivity index (χ1v) is 12.2. The fourth-order valence-corrected chi connectivity index (χ4v) is 4.90. The van der Waals surface area contributed by atoms with Crippen LogP contribution in [0.25, 0.3) is 11.4 Å². The van der Waals surface area contributed by atoms with E-state index in [0.29, 0.717) is 47.9 Å². The van der Waals surface area contributed by atoms with E-state index in [1.54, 1.807) is 47.0 Å². The molecule has 4 aromatic rings. The summed E-state index contributed by atoms with van der Waals surface area (Å²) in [4.78, 5) is 40.5. The molecule has 0 saturated carbocycles. The lowest BCUT2D eigenvalue weighted by molar-refractivity contribution is 0.0517. The van der Waals surface area contributed by atoms with Crippen molar-refractivity contribution in [2.45, 2.75) is 19.8 Å². The zero-order valence-electron chi connectivity index (χ0n) is 20.2. The number of rotatable bonds is 5. The van der Waals surface area contributed by atoms with Crippen LogP contribution in [0.5, 0.6) is 5.75 Å². The molecule has 6 rings (SSSR count). The van der Waals surface area contributed by atoms with Crippen molar-refractivity contribution in [2.24, 2.45) is 0 Å². The second-order valence-corrected chi connectivity index (χ2v) is 8.83. The summed E-state index contributed by atoms with van der Waals surface area (Å²) < 4.78 is 14.0. The smallest absolute Gasteiger partial charge is 0.359 e. The zero-order valence-corrected chi connectivity index (χ0v) is 20.2. The Morgan fingerprint density at radius 3 is 2.57 bits per heavy atom. The standard InChI is InChI=1S/C28H24N4O5/c1-2-36-28(35)25-22-12-15-31(20-8-6-19(7-9-20)30-14-4-3-5-24(30)33)27(34)26(22)32(29-25)21-10-11-23-18(17-21)13-16-37-23/h3-11,14,17H,2,12-13,15-16H2,1H3. The van der Waals surface area contributed by atoms with Gasteiger partial charge >= 0.3 is 5.97 Å². The Bertz CT molecular complexity index is 1590. The quantitative estimate of drug-likeness (QED) is 0.394. The monoisotopic (exact) mass is 496 g/mol. The van der Waals surface area contributed by atoms with Gasteiger partial charge in [-0.3, -0.25) is 14.2 Å². The van der Waals surface area contributed by atoms with Crippen molar-refractivity contribution in [3.8, 4) is 17.1 Å². The third kappa shape index (κ3) is 3.88. The Balaban J connectivity index is 1.40. The molecule has 9 nitrogen and oxygen atoms in total. The zero-order chi connectivity index (χ0) is 25.5. The third-order valence-corrected chi connectivity index (χ3v) is 6.67. The molecule has 0 bridgehead atoms. The lowest BCUT2D eigenvalue weighted by atomic mass is 10.0. The molecule has 0 saturated heterocycles. The summed E-state index contributed by atoms with van der Waals surface area (Å²) in [5.41, 5.74) is 4.08. The maximum absolute atomic E-state index is 13.9.